The standard InChI is InChI=1S/C13H17F4NOS/c1-11(2,3)20(19)18-12(4,13(15,16)17)9-5-7-10(14)8-6-9/h5-8,18H,1-4H3/t12-,20-/m0/s1. The molecular formula is C13H17F4NOS. The Bertz CT molecular complexity index is 493. The Morgan fingerprint density at radius 2 is 1.45 bits per heavy atom. The van der Waals surface area contributed by atoms with Gasteiger partial charge in [-0.1, -0.05) is 12.1 Å². The van der Waals surface area contributed by atoms with Gasteiger partial charge in [0, 0.05) is 0 Å². The number of hydrogen-bond donors (Lipinski definition) is 1. The number of nitrogens with one attached hydrogen (secondary N) is 1. The topological polar surface area (TPSA) is 29.1 Å². The molecule has 2 atom stereocenters. The van der Waals surface area contributed by atoms with Crippen molar-refractivity contribution in [3.8, 4) is 0 Å². The molecule has 114 valence electrons. The molecule has 1 aromatic carbocycles. The second-order valence-electron chi connectivity index (χ2n) is 5.61. The Morgan fingerprint density at radius 1 is 1.00 bits per heavy atom. The van der Waals surface area contributed by atoms with E-state index in [9.17, 15) is 21.8 Å². The van der Waals surface area contributed by atoms with Crippen molar-refractivity contribution in [1.82, 2.24) is 4.72 Å². The number of hydrogen-bond acceptors (Lipinski definition) is 1. The maximum absolute atomic E-state index is 13.3. The molecule has 0 aliphatic rings. The van der Waals surface area contributed by atoms with Crippen LogP contribution in [0.5, 0.6) is 0 Å². The highest BCUT2D eigenvalue weighted by Crippen LogP contribution is 2.39. The second kappa shape index (κ2) is 5.44. The summed E-state index contributed by atoms with van der Waals surface area (Å²) in [6.07, 6.45) is -4.67. The van der Waals surface area contributed by atoms with Gasteiger partial charge >= 0.3 is 6.18 Å². The van der Waals surface area contributed by atoms with Crippen molar-refractivity contribution >= 4 is 11.0 Å². The molecule has 2 nitrogen and oxygen atoms in total. The predicted octanol–water partition coefficient (Wildman–Crippen LogP) is 3.66. The van der Waals surface area contributed by atoms with Crippen LogP contribution in [0.1, 0.15) is 33.3 Å². The zero-order valence-corrected chi connectivity index (χ0v) is 12.5. The van der Waals surface area contributed by atoms with E-state index in [0.717, 1.165) is 31.2 Å². The molecule has 0 aliphatic carbocycles. The minimum Gasteiger partial charge on any atom is -0.242 e. The summed E-state index contributed by atoms with van der Waals surface area (Å²) < 4.78 is 66.2. The van der Waals surface area contributed by atoms with Crippen LogP contribution in [0.2, 0.25) is 0 Å². The van der Waals surface area contributed by atoms with E-state index < -0.39 is 33.3 Å². The summed E-state index contributed by atoms with van der Waals surface area (Å²) in [6.45, 7) is 5.59. The molecule has 0 saturated carbocycles. The van der Waals surface area contributed by atoms with Gasteiger partial charge in [-0.15, -0.1) is 0 Å². The van der Waals surface area contributed by atoms with E-state index in [1.807, 2.05) is 0 Å². The molecule has 0 fully saturated rings. The summed E-state index contributed by atoms with van der Waals surface area (Å²) in [5.41, 5.74) is -2.71. The van der Waals surface area contributed by atoms with Gasteiger partial charge in [-0.3, -0.25) is 0 Å². The normalized spacial score (nSPS) is 17.6. The van der Waals surface area contributed by atoms with Crippen LogP contribution < -0.4 is 4.72 Å². The van der Waals surface area contributed by atoms with Crippen LogP contribution in [0.15, 0.2) is 24.3 Å². The molecule has 0 aromatic heterocycles. The molecule has 0 heterocycles. The Balaban J connectivity index is 3.25. The van der Waals surface area contributed by atoms with E-state index in [1.165, 1.54) is 0 Å². The predicted molar refractivity (Wildman–Crippen MR) is 70.8 cm³/mol. The van der Waals surface area contributed by atoms with Gasteiger partial charge in [-0.2, -0.15) is 13.2 Å². The molecule has 1 rings (SSSR count). The zero-order valence-electron chi connectivity index (χ0n) is 11.6. The SMILES string of the molecule is CC(C)(C)[S@](=O)N[C@@](C)(c1ccc(F)cc1)C(F)(F)F. The fourth-order valence-corrected chi connectivity index (χ4v) is 2.31. The molecule has 1 N–H and O–H groups in total. The van der Waals surface area contributed by atoms with Gasteiger partial charge in [0.05, 0.1) is 15.7 Å². The van der Waals surface area contributed by atoms with Crippen LogP contribution in [0.25, 0.3) is 0 Å². The van der Waals surface area contributed by atoms with Crippen LogP contribution in [0.3, 0.4) is 0 Å². The molecule has 0 unspecified atom stereocenters. The van der Waals surface area contributed by atoms with Gasteiger partial charge in [0.15, 0.2) is 0 Å². The van der Waals surface area contributed by atoms with Crippen molar-refractivity contribution in [3.63, 3.8) is 0 Å². The van der Waals surface area contributed by atoms with Crippen molar-refractivity contribution in [2.75, 3.05) is 0 Å². The van der Waals surface area contributed by atoms with E-state index in [1.54, 1.807) is 20.8 Å². The molecule has 0 bridgehead atoms. The molecule has 0 amide bonds. The monoisotopic (exact) mass is 311 g/mol. The van der Waals surface area contributed by atoms with Crippen molar-refractivity contribution in [1.29, 1.82) is 0 Å². The van der Waals surface area contributed by atoms with Gasteiger partial charge in [-0.05, 0) is 45.4 Å². The molecule has 20 heavy (non-hydrogen) atoms. The minimum atomic E-state index is -4.67. The number of halogens is 4. The summed E-state index contributed by atoms with van der Waals surface area (Å²) in [5, 5.41) is 0. The molecule has 0 radical (unpaired) electrons. The van der Waals surface area contributed by atoms with E-state index >= 15 is 0 Å². The highest BCUT2D eigenvalue weighted by Gasteiger charge is 2.54. The highest BCUT2D eigenvalue weighted by molar-refractivity contribution is 7.84. The molecule has 1 aromatic rings. The first-order chi connectivity index (χ1) is 8.88. The van der Waals surface area contributed by atoms with E-state index in [2.05, 4.69) is 4.72 Å². The molecule has 0 spiro atoms. The van der Waals surface area contributed by atoms with Crippen molar-refractivity contribution in [2.24, 2.45) is 0 Å². The Hall–Kier alpha value is -0.950. The van der Waals surface area contributed by atoms with Crippen LogP contribution in [0.4, 0.5) is 17.6 Å². The fourth-order valence-electron chi connectivity index (χ4n) is 1.40. The lowest BCUT2D eigenvalue weighted by Crippen LogP contribution is -2.54. The lowest BCUT2D eigenvalue weighted by atomic mass is 9.92. The van der Waals surface area contributed by atoms with Crippen LogP contribution in [-0.2, 0) is 16.5 Å². The third kappa shape index (κ3) is 3.58. The molecular weight excluding hydrogens is 294 g/mol. The van der Waals surface area contributed by atoms with E-state index in [4.69, 9.17) is 0 Å². The molecule has 0 aliphatic heterocycles. The lowest BCUT2D eigenvalue weighted by molar-refractivity contribution is -0.189. The lowest BCUT2D eigenvalue weighted by Gasteiger charge is -2.35. The maximum Gasteiger partial charge on any atom is 0.411 e. The van der Waals surface area contributed by atoms with Gasteiger partial charge in [0.2, 0.25) is 0 Å². The average molecular weight is 311 g/mol. The Labute approximate surface area is 118 Å². The third-order valence-electron chi connectivity index (χ3n) is 2.84. The average Bonchev–Trinajstić information content (AvgIpc) is 2.26. The van der Waals surface area contributed by atoms with Gasteiger partial charge in [0.1, 0.15) is 11.4 Å². The van der Waals surface area contributed by atoms with Crippen LogP contribution >= 0.6 is 0 Å². The first-order valence-electron chi connectivity index (χ1n) is 5.90. The van der Waals surface area contributed by atoms with Crippen LogP contribution in [0, 0.1) is 5.82 Å². The largest absolute Gasteiger partial charge is 0.411 e. The fraction of sp³-hybridized carbons (Fsp3) is 0.538. The van der Waals surface area contributed by atoms with Crippen molar-refractivity contribution in [3.05, 3.63) is 35.6 Å². The van der Waals surface area contributed by atoms with E-state index in [0.29, 0.717) is 0 Å². The molecule has 0 saturated heterocycles. The van der Waals surface area contributed by atoms with Gasteiger partial charge in [0.25, 0.3) is 0 Å². The van der Waals surface area contributed by atoms with Gasteiger partial charge in [-0.25, -0.2) is 13.3 Å². The number of rotatable bonds is 3. The quantitative estimate of drug-likeness (QED) is 0.848. The summed E-state index contributed by atoms with van der Waals surface area (Å²) in [4.78, 5) is 0. The first-order valence-corrected chi connectivity index (χ1v) is 7.05. The van der Waals surface area contributed by atoms with Crippen molar-refractivity contribution < 1.29 is 21.8 Å². The number of alkyl halides is 3. The van der Waals surface area contributed by atoms with Gasteiger partial charge < -0.3 is 0 Å². The smallest absolute Gasteiger partial charge is 0.242 e. The first kappa shape index (κ1) is 17.1. The Kier molecular flexibility index (Phi) is 4.65. The summed E-state index contributed by atoms with van der Waals surface area (Å²) in [6, 6.07) is 3.97. The maximum atomic E-state index is 13.3. The van der Waals surface area contributed by atoms with E-state index in [-0.39, 0.29) is 5.56 Å². The summed E-state index contributed by atoms with van der Waals surface area (Å²) >= 11 is 0. The minimum absolute atomic E-state index is 0.191. The summed E-state index contributed by atoms with van der Waals surface area (Å²) in [5.74, 6) is -0.629. The second-order valence-corrected chi connectivity index (χ2v) is 7.58. The molecule has 7 heteroatoms. The highest BCUT2D eigenvalue weighted by atomic mass is 32.2. The zero-order chi connectivity index (χ0) is 15.8. The van der Waals surface area contributed by atoms with Crippen LogP contribution in [-0.4, -0.2) is 15.1 Å². The number of benzene rings is 1. The van der Waals surface area contributed by atoms with Crippen molar-refractivity contribution in [2.45, 2.75) is 44.2 Å². The summed E-state index contributed by atoms with van der Waals surface area (Å²) in [7, 11) is -1.92. The Morgan fingerprint density at radius 3 is 1.80 bits per heavy atom. The third-order valence-corrected chi connectivity index (χ3v) is 4.55.